The van der Waals surface area contributed by atoms with E-state index in [1.807, 2.05) is 47.7 Å². The minimum Gasteiger partial charge on any atom is -0.492 e. The maximum absolute atomic E-state index is 14.5. The lowest BCUT2D eigenvalue weighted by Crippen LogP contribution is -2.65. The van der Waals surface area contributed by atoms with Crippen molar-refractivity contribution in [1.29, 1.82) is 0 Å². The van der Waals surface area contributed by atoms with Gasteiger partial charge < -0.3 is 83.0 Å². The predicted molar refractivity (Wildman–Crippen MR) is 328 cm³/mol. The molecule has 0 saturated carbocycles. The molecule has 5 heterocycles. The molecule has 87 heavy (non-hydrogen) atoms. The molecule has 1 aromatic carbocycles. The van der Waals surface area contributed by atoms with Crippen LogP contribution in [0, 0.1) is 34.2 Å². The average molecular weight is 1380 g/mol. The van der Waals surface area contributed by atoms with Crippen molar-refractivity contribution in [3.8, 4) is 40.9 Å². The Hall–Kier alpha value is -3.74. The van der Waals surface area contributed by atoms with Crippen molar-refractivity contribution < 1.29 is 96.9 Å². The summed E-state index contributed by atoms with van der Waals surface area (Å²) in [6, 6.07) is 4.30. The molecule has 2 aliphatic carbocycles. The number of fused-ring (bicyclic) bond motifs is 2. The molecule has 0 amide bonds. The first-order valence-electron chi connectivity index (χ1n) is 28.4. The van der Waals surface area contributed by atoms with E-state index in [1.54, 1.807) is 47.1 Å². The highest BCUT2D eigenvalue weighted by molar-refractivity contribution is 14.1. The van der Waals surface area contributed by atoms with Gasteiger partial charge in [-0.2, -0.15) is 5.48 Å². The molecule has 0 spiro atoms. The standard InChI is InChI=1S/C60H76IN3O20S3/c1-11-62-36-28-77-42(26-40(36)73-7)82-54-49(69)47(31(4)79-59(54)81-39-18-14-12-13-16-21-60(72)27-38(67)34(24-29(2)65)45(39)35(60)20-23-85-87-41-19-15-17-22-63-41)64-84-43-25-37(66)56(33(6)78-43)86-57(71)44-30(3)46(61)52(55(76-10)51(44)74-8)83-58-50(70)53(75-9)48(68)32(5)80-58/h12-13,15,17,19-20,22,31-33,36-37,39-40,42-43,47-50,53-54,56,58-59,62,64,66,68-70,72H,11,23-28H2,1-10H3/b13-12-,35-20+/t31-,32+,33-,36+,37+,39+,40+,42+,43+,47-,48+,49+,50-,53-,54-,56-,58+,59+,60+/m1/s1. The van der Waals surface area contributed by atoms with Gasteiger partial charge in [0, 0.05) is 62.2 Å². The lowest BCUT2D eigenvalue weighted by molar-refractivity contribution is -0.336. The van der Waals surface area contributed by atoms with Gasteiger partial charge in [-0.05, 0) is 104 Å². The molecule has 4 fully saturated rings. The average Bonchev–Trinajstić information content (AvgIpc) is 0.940. The van der Waals surface area contributed by atoms with Crippen molar-refractivity contribution >= 4 is 72.6 Å². The number of ether oxygens (including phenoxy) is 11. The Balaban J connectivity index is 1.02. The Morgan fingerprint density at radius 2 is 1.64 bits per heavy atom. The normalized spacial score (nSPS) is 35.1. The number of likely N-dealkylation sites (N-methyl/N-ethyl adjacent to an activating group) is 1. The van der Waals surface area contributed by atoms with E-state index in [9.17, 15) is 39.9 Å². The number of pyridine rings is 1. The summed E-state index contributed by atoms with van der Waals surface area (Å²) in [5.41, 5.74) is 1.92. The summed E-state index contributed by atoms with van der Waals surface area (Å²) in [4.78, 5) is 52.2. The summed E-state index contributed by atoms with van der Waals surface area (Å²) in [5.74, 6) is 11.3. The Bertz CT molecular complexity index is 2980. The van der Waals surface area contributed by atoms with Crippen LogP contribution in [0.4, 0.5) is 0 Å². The SMILES string of the molecule is CCN[C@H]1CO[C@@H](O[C@H]2[C@H](O[C@H]3C#C/C=C\C#C[C@]4(O)CC(=O)C(CC(C)=O)=C3/C4=C\CSSc3ccccn3)O[C@H](C)[C@@H](NO[C@H]3C[C@H](O)[C@H](SC(=O)c4c(C)c(I)c(O[C@@H]5O[C@@H](C)[C@H](O)[C@@H](OC)[C@H]5O)c(OC)c4OC)[C@@H](C)O3)[C@@H]2O)C[C@@H]1OC. The smallest absolute Gasteiger partial charge is 0.229 e. The number of rotatable bonds is 23. The number of hydrogen-bond acceptors (Lipinski definition) is 26. The van der Waals surface area contributed by atoms with Gasteiger partial charge in [0.05, 0.1) is 84.2 Å². The van der Waals surface area contributed by atoms with Crippen LogP contribution in [0.15, 0.2) is 64.4 Å². The molecule has 0 unspecified atom stereocenters. The third-order valence-corrected chi connectivity index (χ3v) is 20.4. The molecule has 0 radical (unpaired) electrons. The fraction of sp³-hybridized carbons (Fsp3) is 0.600. The van der Waals surface area contributed by atoms with Crippen LogP contribution in [0.1, 0.15) is 76.2 Å². The number of aromatic nitrogens is 1. The van der Waals surface area contributed by atoms with Gasteiger partial charge in [0.1, 0.15) is 47.4 Å². The first-order chi connectivity index (χ1) is 41.7. The minimum absolute atomic E-state index is 0.0299. The number of benzene rings is 1. The highest BCUT2D eigenvalue weighted by Gasteiger charge is 2.52. The number of aliphatic hydroxyl groups excluding tert-OH is 4. The number of nitrogens with one attached hydrogen (secondary N) is 2. The summed E-state index contributed by atoms with van der Waals surface area (Å²) in [6.07, 6.45) is -11.0. The van der Waals surface area contributed by atoms with Crippen molar-refractivity contribution in [2.45, 2.75) is 187 Å². The Morgan fingerprint density at radius 1 is 0.897 bits per heavy atom. The van der Waals surface area contributed by atoms with E-state index in [4.69, 9.17) is 56.9 Å². The van der Waals surface area contributed by atoms with Gasteiger partial charge in [-0.15, -0.1) is 0 Å². The van der Waals surface area contributed by atoms with Crippen LogP contribution in [0.25, 0.3) is 0 Å². The van der Waals surface area contributed by atoms with Crippen molar-refractivity contribution in [3.63, 3.8) is 0 Å². The second-order valence-corrected chi connectivity index (χ2v) is 26.0. The number of carbonyl (C=O) groups is 3. The first-order valence-corrected chi connectivity index (χ1v) is 32.7. The fourth-order valence-corrected chi connectivity index (χ4v) is 14.6. The summed E-state index contributed by atoms with van der Waals surface area (Å²) < 4.78 is 67.9. The zero-order valence-electron chi connectivity index (χ0n) is 49.8. The molecule has 27 heteroatoms. The van der Waals surface area contributed by atoms with Crippen LogP contribution in [-0.4, -0.2) is 210 Å². The van der Waals surface area contributed by atoms with E-state index in [2.05, 4.69) is 39.5 Å². The minimum atomic E-state index is -2.02. The van der Waals surface area contributed by atoms with Crippen molar-refractivity contribution in [1.82, 2.24) is 15.8 Å². The second kappa shape index (κ2) is 31.5. The predicted octanol–water partition coefficient (Wildman–Crippen LogP) is 4.04. The molecule has 1 aromatic heterocycles. The first kappa shape index (κ1) is 69.2. The quantitative estimate of drug-likeness (QED) is 0.0272. The van der Waals surface area contributed by atoms with Gasteiger partial charge in [0.15, 0.2) is 41.8 Å². The lowest BCUT2D eigenvalue weighted by Gasteiger charge is -2.46. The number of allylic oxidation sites excluding steroid dienone is 3. The van der Waals surface area contributed by atoms with E-state index < -0.39 is 120 Å². The number of carbonyl (C=O) groups excluding carboxylic acids is 3. The van der Waals surface area contributed by atoms with Crippen molar-refractivity contribution in [3.05, 3.63) is 74.0 Å². The van der Waals surface area contributed by atoms with Gasteiger partial charge in [-0.3, -0.25) is 19.2 Å². The third-order valence-electron chi connectivity index (χ3n) is 15.6. The molecule has 2 aromatic rings. The molecule has 6 aliphatic rings. The van der Waals surface area contributed by atoms with Gasteiger partial charge in [-0.25, -0.2) is 4.98 Å². The van der Waals surface area contributed by atoms with E-state index in [-0.39, 0.29) is 83.3 Å². The molecule has 4 aliphatic heterocycles. The zero-order chi connectivity index (χ0) is 62.9. The Labute approximate surface area is 531 Å². The lowest BCUT2D eigenvalue weighted by atomic mass is 9.72. The van der Waals surface area contributed by atoms with Crippen LogP contribution >= 0.6 is 55.9 Å². The van der Waals surface area contributed by atoms with Gasteiger partial charge in [0.25, 0.3) is 0 Å². The van der Waals surface area contributed by atoms with Crippen molar-refractivity contribution in [2.24, 2.45) is 0 Å². The van der Waals surface area contributed by atoms with Gasteiger partial charge in [-0.1, -0.05) is 65.3 Å². The largest absolute Gasteiger partial charge is 0.492 e. The molecule has 19 atom stereocenters. The molecular weight excluding hydrogens is 1310 g/mol. The number of hydrogen-bond donors (Lipinski definition) is 7. The summed E-state index contributed by atoms with van der Waals surface area (Å²) in [6.45, 7) is 10.8. The number of ketones is 2. The summed E-state index contributed by atoms with van der Waals surface area (Å²) in [7, 11) is 8.51. The maximum atomic E-state index is 14.5. The van der Waals surface area contributed by atoms with Crippen LogP contribution in [-0.2, 0) is 52.3 Å². The van der Waals surface area contributed by atoms with Gasteiger partial charge in [0.2, 0.25) is 17.2 Å². The van der Waals surface area contributed by atoms with Gasteiger partial charge >= 0.3 is 0 Å². The molecule has 7 N–H and O–H groups in total. The van der Waals surface area contributed by atoms with Crippen molar-refractivity contribution in [2.75, 3.05) is 47.3 Å². The summed E-state index contributed by atoms with van der Waals surface area (Å²) >= 11 is 2.84. The second-order valence-electron chi connectivity index (χ2n) is 21.5. The monoisotopic (exact) mass is 1380 g/mol. The number of nitrogens with zero attached hydrogens (tertiary/aromatic N) is 1. The summed E-state index contributed by atoms with van der Waals surface area (Å²) in [5, 5.41) is 61.2. The van der Waals surface area contributed by atoms with E-state index in [0.29, 0.717) is 21.4 Å². The van der Waals surface area contributed by atoms with Crippen LogP contribution < -0.4 is 25.0 Å². The number of thioether (sulfide) groups is 1. The molecule has 23 nitrogen and oxygen atoms in total. The Morgan fingerprint density at radius 3 is 2.32 bits per heavy atom. The van der Waals surface area contributed by atoms with E-state index in [1.165, 1.54) is 62.0 Å². The number of Topliss-reactive ketones (excluding diaryl/α,β-unsaturated/α-hetero) is 2. The number of methoxy groups -OCH3 is 4. The van der Waals surface area contributed by atoms with E-state index >= 15 is 0 Å². The fourth-order valence-electron chi connectivity index (χ4n) is 11.1. The molecular formula is C60H76IN3O20S3. The van der Waals surface area contributed by atoms with Crippen LogP contribution in [0.3, 0.4) is 0 Å². The van der Waals surface area contributed by atoms with E-state index in [0.717, 1.165) is 16.8 Å². The van der Waals surface area contributed by atoms with Crippen LogP contribution in [0.5, 0.6) is 17.2 Å². The number of halogens is 1. The molecule has 2 bridgehead atoms. The third kappa shape index (κ3) is 16.1. The molecule has 8 rings (SSSR count). The zero-order valence-corrected chi connectivity index (χ0v) is 54.4. The number of hydroxylamine groups is 1. The number of aliphatic hydroxyl groups is 5. The topological polar surface area (TPSA) is 300 Å². The highest BCUT2D eigenvalue weighted by Crippen LogP contribution is 2.49. The molecule has 476 valence electrons. The Kier molecular flexibility index (Phi) is 25.1. The highest BCUT2D eigenvalue weighted by atomic mass is 127. The van der Waals surface area contributed by atoms with Crippen LogP contribution in [0.2, 0.25) is 0 Å². The molecule has 4 saturated heterocycles. The maximum Gasteiger partial charge on any atom is 0.229 e.